The molecule has 1 aromatic carbocycles. The van der Waals surface area contributed by atoms with Crippen LogP contribution in [-0.4, -0.2) is 31.1 Å². The normalized spacial score (nSPS) is 18.3. The van der Waals surface area contributed by atoms with Crippen molar-refractivity contribution < 1.29 is 0 Å². The molecule has 1 N–H and O–H groups in total. The minimum absolute atomic E-state index is 0.396. The molecular formula is C15H20BrClN2. The van der Waals surface area contributed by atoms with Crippen molar-refractivity contribution in [3.63, 3.8) is 0 Å². The van der Waals surface area contributed by atoms with Crippen molar-refractivity contribution in [2.24, 2.45) is 0 Å². The van der Waals surface area contributed by atoms with E-state index in [0.717, 1.165) is 42.1 Å². The topological polar surface area (TPSA) is 15.3 Å². The minimum atomic E-state index is 0.396. The molecule has 1 saturated heterocycles. The van der Waals surface area contributed by atoms with Crippen molar-refractivity contribution >= 4 is 27.5 Å². The molecule has 1 fully saturated rings. The van der Waals surface area contributed by atoms with Crippen molar-refractivity contribution in [2.45, 2.75) is 19.4 Å². The molecule has 1 heterocycles. The highest BCUT2D eigenvalue weighted by molar-refractivity contribution is 9.10. The third-order valence-corrected chi connectivity index (χ3v) is 4.68. The van der Waals surface area contributed by atoms with Crippen LogP contribution in [0.2, 0.25) is 5.02 Å². The highest BCUT2D eigenvalue weighted by Crippen LogP contribution is 2.32. The number of piperazine rings is 1. The summed E-state index contributed by atoms with van der Waals surface area (Å²) in [6.45, 7) is 10.4. The number of nitrogens with zero attached hydrogens (tertiary/aromatic N) is 1. The zero-order valence-electron chi connectivity index (χ0n) is 11.3. The lowest BCUT2D eigenvalue weighted by atomic mass is 9.98. The number of rotatable bonds is 4. The van der Waals surface area contributed by atoms with Crippen LogP contribution in [0.25, 0.3) is 0 Å². The average Bonchev–Trinajstić information content (AvgIpc) is 2.40. The highest BCUT2D eigenvalue weighted by atomic mass is 79.9. The Labute approximate surface area is 129 Å². The molecule has 0 unspecified atom stereocenters. The molecule has 1 atom stereocenters. The summed E-state index contributed by atoms with van der Waals surface area (Å²) in [6, 6.07) is 6.63. The van der Waals surface area contributed by atoms with Crippen LogP contribution in [0, 0.1) is 0 Å². The van der Waals surface area contributed by atoms with E-state index in [1.165, 1.54) is 11.1 Å². The molecule has 1 aliphatic heterocycles. The second kappa shape index (κ2) is 6.89. The van der Waals surface area contributed by atoms with Crippen LogP contribution in [0.4, 0.5) is 0 Å². The van der Waals surface area contributed by atoms with Crippen LogP contribution in [0.15, 0.2) is 34.8 Å². The van der Waals surface area contributed by atoms with Gasteiger partial charge in [0.2, 0.25) is 0 Å². The SMILES string of the molecule is C=C(C)C[C@H](c1ccc(Cl)c(Br)c1)N1CCNCC1. The lowest BCUT2D eigenvalue weighted by Gasteiger charge is -2.35. The Morgan fingerprint density at radius 2 is 2.16 bits per heavy atom. The second-order valence-electron chi connectivity index (χ2n) is 5.14. The summed E-state index contributed by atoms with van der Waals surface area (Å²) in [5.41, 5.74) is 2.52. The van der Waals surface area contributed by atoms with Crippen LogP contribution in [0.1, 0.15) is 24.9 Å². The van der Waals surface area contributed by atoms with Crippen molar-refractivity contribution in [1.29, 1.82) is 0 Å². The first-order valence-corrected chi connectivity index (χ1v) is 7.79. The molecule has 4 heteroatoms. The summed E-state index contributed by atoms with van der Waals surface area (Å²) in [7, 11) is 0. The fourth-order valence-electron chi connectivity index (χ4n) is 2.50. The van der Waals surface area contributed by atoms with E-state index in [1.54, 1.807) is 0 Å². The van der Waals surface area contributed by atoms with Gasteiger partial charge in [-0.05, 0) is 47.0 Å². The maximum Gasteiger partial charge on any atom is 0.0548 e. The number of hydrogen-bond acceptors (Lipinski definition) is 2. The largest absolute Gasteiger partial charge is 0.314 e. The van der Waals surface area contributed by atoms with E-state index in [0.29, 0.717) is 6.04 Å². The molecule has 1 aliphatic rings. The van der Waals surface area contributed by atoms with Gasteiger partial charge in [-0.2, -0.15) is 0 Å². The van der Waals surface area contributed by atoms with Crippen molar-refractivity contribution in [2.75, 3.05) is 26.2 Å². The molecule has 19 heavy (non-hydrogen) atoms. The molecule has 0 bridgehead atoms. The Morgan fingerprint density at radius 1 is 1.47 bits per heavy atom. The predicted molar refractivity (Wildman–Crippen MR) is 85.8 cm³/mol. The standard InChI is InChI=1S/C15H20BrClN2/c1-11(2)9-15(19-7-5-18-6-8-19)12-3-4-14(17)13(16)10-12/h3-4,10,15,18H,1,5-9H2,2H3/t15-/m1/s1. The van der Waals surface area contributed by atoms with Crippen LogP contribution in [0.5, 0.6) is 0 Å². The first-order valence-electron chi connectivity index (χ1n) is 6.62. The first-order chi connectivity index (χ1) is 9.08. The zero-order chi connectivity index (χ0) is 13.8. The lowest BCUT2D eigenvalue weighted by Crippen LogP contribution is -2.45. The molecule has 104 valence electrons. The summed E-state index contributed by atoms with van der Waals surface area (Å²) in [4.78, 5) is 2.53. The van der Waals surface area contributed by atoms with Crippen LogP contribution < -0.4 is 5.32 Å². The van der Waals surface area contributed by atoms with Crippen LogP contribution in [0.3, 0.4) is 0 Å². The highest BCUT2D eigenvalue weighted by Gasteiger charge is 2.22. The Bertz CT molecular complexity index is 455. The smallest absolute Gasteiger partial charge is 0.0548 e. The fraction of sp³-hybridized carbons (Fsp3) is 0.467. The summed E-state index contributed by atoms with van der Waals surface area (Å²) in [5, 5.41) is 4.16. The molecule has 0 aliphatic carbocycles. The van der Waals surface area contributed by atoms with Crippen LogP contribution >= 0.6 is 27.5 Å². The number of hydrogen-bond donors (Lipinski definition) is 1. The van der Waals surface area contributed by atoms with Gasteiger partial charge in [0.05, 0.1) is 5.02 Å². The number of halogens is 2. The second-order valence-corrected chi connectivity index (χ2v) is 6.40. The Morgan fingerprint density at radius 3 is 2.74 bits per heavy atom. The molecular weight excluding hydrogens is 324 g/mol. The van der Waals surface area contributed by atoms with Gasteiger partial charge in [0.15, 0.2) is 0 Å². The van der Waals surface area contributed by atoms with Gasteiger partial charge in [0.25, 0.3) is 0 Å². The van der Waals surface area contributed by atoms with E-state index >= 15 is 0 Å². The molecule has 2 nitrogen and oxygen atoms in total. The van der Waals surface area contributed by atoms with Gasteiger partial charge in [0.1, 0.15) is 0 Å². The minimum Gasteiger partial charge on any atom is -0.314 e. The summed E-state index contributed by atoms with van der Waals surface area (Å²) in [6.07, 6.45) is 0.994. The molecule has 1 aromatic rings. The van der Waals surface area contributed by atoms with Crippen molar-refractivity contribution in [1.82, 2.24) is 10.2 Å². The quantitative estimate of drug-likeness (QED) is 0.831. The molecule has 0 amide bonds. The molecule has 0 saturated carbocycles. The van der Waals surface area contributed by atoms with Gasteiger partial charge < -0.3 is 5.32 Å². The van der Waals surface area contributed by atoms with Gasteiger partial charge in [-0.25, -0.2) is 0 Å². The van der Waals surface area contributed by atoms with E-state index in [2.05, 4.69) is 51.8 Å². The van der Waals surface area contributed by atoms with E-state index in [9.17, 15) is 0 Å². The lowest BCUT2D eigenvalue weighted by molar-refractivity contribution is 0.172. The Hall–Kier alpha value is -0.350. The third-order valence-electron chi connectivity index (χ3n) is 3.46. The number of nitrogens with one attached hydrogen (secondary N) is 1. The molecule has 0 radical (unpaired) electrons. The van der Waals surface area contributed by atoms with E-state index in [1.807, 2.05) is 6.07 Å². The molecule has 0 spiro atoms. The van der Waals surface area contributed by atoms with E-state index in [4.69, 9.17) is 11.6 Å². The predicted octanol–water partition coefficient (Wildman–Crippen LogP) is 4.02. The molecule has 0 aromatic heterocycles. The fourth-order valence-corrected chi connectivity index (χ4v) is 3.02. The monoisotopic (exact) mass is 342 g/mol. The van der Waals surface area contributed by atoms with Gasteiger partial charge in [-0.3, -0.25) is 4.90 Å². The summed E-state index contributed by atoms with van der Waals surface area (Å²) < 4.78 is 0.966. The zero-order valence-corrected chi connectivity index (χ0v) is 13.6. The van der Waals surface area contributed by atoms with E-state index < -0.39 is 0 Å². The third kappa shape index (κ3) is 4.06. The van der Waals surface area contributed by atoms with Gasteiger partial charge in [-0.15, -0.1) is 6.58 Å². The molecule has 2 rings (SSSR count). The van der Waals surface area contributed by atoms with Crippen molar-refractivity contribution in [3.8, 4) is 0 Å². The average molecular weight is 344 g/mol. The maximum absolute atomic E-state index is 6.09. The first kappa shape index (κ1) is 15.0. The van der Waals surface area contributed by atoms with Gasteiger partial charge in [-0.1, -0.05) is 23.2 Å². The van der Waals surface area contributed by atoms with Crippen LogP contribution in [-0.2, 0) is 0 Å². The van der Waals surface area contributed by atoms with E-state index in [-0.39, 0.29) is 0 Å². The Balaban J connectivity index is 2.24. The summed E-state index contributed by atoms with van der Waals surface area (Å²) >= 11 is 9.61. The van der Waals surface area contributed by atoms with Crippen molar-refractivity contribution in [3.05, 3.63) is 45.4 Å². The van der Waals surface area contributed by atoms with Gasteiger partial charge >= 0.3 is 0 Å². The Kier molecular flexibility index (Phi) is 5.46. The van der Waals surface area contributed by atoms with Gasteiger partial charge in [0, 0.05) is 36.7 Å². The summed E-state index contributed by atoms with van der Waals surface area (Å²) in [5.74, 6) is 0. The number of benzene rings is 1. The maximum atomic E-state index is 6.09.